The molecule has 0 bridgehead atoms. The Bertz CT molecular complexity index is 698. The van der Waals surface area contributed by atoms with E-state index >= 15 is 0 Å². The average Bonchev–Trinajstić information content (AvgIpc) is 2.98. The van der Waals surface area contributed by atoms with Gasteiger partial charge in [-0.15, -0.1) is 0 Å². The predicted octanol–water partition coefficient (Wildman–Crippen LogP) is 4.77. The maximum atomic E-state index is 12.5. The first kappa shape index (κ1) is 21.1. The van der Waals surface area contributed by atoms with Crippen molar-refractivity contribution in [3.63, 3.8) is 0 Å². The van der Waals surface area contributed by atoms with Gasteiger partial charge in [0, 0.05) is 18.3 Å². The van der Waals surface area contributed by atoms with Crippen molar-refractivity contribution in [1.82, 2.24) is 4.90 Å². The van der Waals surface area contributed by atoms with Crippen LogP contribution in [0.2, 0.25) is 0 Å². The fraction of sp³-hybridized carbons (Fsp3) is 0.840. The molecule has 29 heavy (non-hydrogen) atoms. The van der Waals surface area contributed by atoms with Crippen molar-refractivity contribution in [1.29, 1.82) is 0 Å². The van der Waals surface area contributed by atoms with Gasteiger partial charge in [-0.3, -0.25) is 9.59 Å². The topological polar surface area (TPSA) is 46.6 Å². The van der Waals surface area contributed by atoms with Crippen LogP contribution in [0.15, 0.2) is 11.6 Å². The molecule has 0 amide bonds. The van der Waals surface area contributed by atoms with Crippen molar-refractivity contribution >= 4 is 11.8 Å². The van der Waals surface area contributed by atoms with Crippen LogP contribution < -0.4 is 0 Å². The number of allylic oxidation sites excluding steroid dienone is 1. The molecule has 4 nitrogen and oxygen atoms in total. The van der Waals surface area contributed by atoms with Crippen molar-refractivity contribution in [2.24, 2.45) is 28.6 Å². The Hall–Kier alpha value is -1.16. The first-order valence-electron chi connectivity index (χ1n) is 11.8. The van der Waals surface area contributed by atoms with E-state index in [0.29, 0.717) is 24.0 Å². The zero-order valence-electron chi connectivity index (χ0n) is 18.8. The van der Waals surface area contributed by atoms with E-state index in [1.165, 1.54) is 24.8 Å². The summed E-state index contributed by atoms with van der Waals surface area (Å²) < 4.78 is 6.08. The van der Waals surface area contributed by atoms with Crippen LogP contribution in [0.1, 0.15) is 78.1 Å². The summed E-state index contributed by atoms with van der Waals surface area (Å²) in [5, 5.41) is 0. The Balaban J connectivity index is 1.44. The smallest absolute Gasteiger partial charge is 0.306 e. The zero-order chi connectivity index (χ0) is 20.8. The molecule has 4 aliphatic rings. The fourth-order valence-electron chi connectivity index (χ4n) is 7.46. The molecule has 0 aromatic carbocycles. The highest BCUT2D eigenvalue weighted by atomic mass is 16.5. The largest absolute Gasteiger partial charge is 0.462 e. The van der Waals surface area contributed by atoms with Crippen LogP contribution in [0.5, 0.6) is 0 Å². The first-order chi connectivity index (χ1) is 13.7. The van der Waals surface area contributed by atoms with Crippen molar-refractivity contribution in [3.8, 4) is 0 Å². The third kappa shape index (κ3) is 3.71. The van der Waals surface area contributed by atoms with Gasteiger partial charge in [0.15, 0.2) is 5.78 Å². The number of rotatable bonds is 5. The number of esters is 1. The Morgan fingerprint density at radius 3 is 2.66 bits per heavy atom. The molecule has 162 valence electrons. The molecule has 0 aromatic heterocycles. The average molecular weight is 402 g/mol. The van der Waals surface area contributed by atoms with Gasteiger partial charge in [0.25, 0.3) is 0 Å². The molecular formula is C25H39NO3. The third-order valence-electron chi connectivity index (χ3n) is 9.13. The highest BCUT2D eigenvalue weighted by Crippen LogP contribution is 2.65. The Morgan fingerprint density at radius 1 is 1.10 bits per heavy atom. The lowest BCUT2D eigenvalue weighted by atomic mass is 9.47. The first-order valence-corrected chi connectivity index (χ1v) is 11.8. The number of ketones is 1. The lowest BCUT2D eigenvalue weighted by molar-refractivity contribution is -0.160. The second kappa shape index (κ2) is 7.83. The predicted molar refractivity (Wildman–Crippen MR) is 114 cm³/mol. The van der Waals surface area contributed by atoms with Gasteiger partial charge >= 0.3 is 5.97 Å². The quantitative estimate of drug-likeness (QED) is 0.623. The Labute approximate surface area is 176 Å². The lowest BCUT2D eigenvalue weighted by Crippen LogP contribution is -2.51. The van der Waals surface area contributed by atoms with E-state index < -0.39 is 0 Å². The number of nitrogens with zero attached hydrogens (tertiary/aromatic N) is 1. The molecule has 4 rings (SSSR count). The number of ether oxygens (including phenoxy) is 1. The lowest BCUT2D eigenvalue weighted by Gasteiger charge is -2.57. The number of hydrogen-bond acceptors (Lipinski definition) is 4. The highest BCUT2D eigenvalue weighted by molar-refractivity contribution is 5.91. The van der Waals surface area contributed by atoms with E-state index in [1.807, 2.05) is 20.2 Å². The molecule has 0 aliphatic heterocycles. The summed E-state index contributed by atoms with van der Waals surface area (Å²) in [6.07, 6.45) is 12.1. The van der Waals surface area contributed by atoms with Crippen LogP contribution in [-0.4, -0.2) is 43.4 Å². The summed E-state index contributed by atoms with van der Waals surface area (Å²) in [5.41, 5.74) is 1.79. The van der Waals surface area contributed by atoms with Crippen LogP contribution in [0.3, 0.4) is 0 Å². The van der Waals surface area contributed by atoms with Gasteiger partial charge in [0.05, 0.1) is 0 Å². The molecule has 0 aromatic rings. The van der Waals surface area contributed by atoms with E-state index in [-0.39, 0.29) is 22.9 Å². The highest BCUT2D eigenvalue weighted by Gasteiger charge is 2.59. The molecule has 4 aliphatic carbocycles. The van der Waals surface area contributed by atoms with Crippen LogP contribution in [-0.2, 0) is 14.3 Å². The normalized spacial score (nSPS) is 41.4. The van der Waals surface area contributed by atoms with Crippen LogP contribution in [0, 0.1) is 28.6 Å². The molecular weight excluding hydrogens is 362 g/mol. The van der Waals surface area contributed by atoms with Crippen molar-refractivity contribution < 1.29 is 14.3 Å². The van der Waals surface area contributed by atoms with E-state index in [9.17, 15) is 9.59 Å². The van der Waals surface area contributed by atoms with E-state index in [0.717, 1.165) is 51.0 Å². The minimum absolute atomic E-state index is 0.00698. The van der Waals surface area contributed by atoms with Crippen molar-refractivity contribution in [2.45, 2.75) is 84.2 Å². The SMILES string of the molecule is CN(C)CCCC(=O)O[C@H]1CC[C@H]2[C@@H]3CCC4=CC(=O)CC[C@]4(C)[C@H]3CC[C@]12C. The molecule has 3 fully saturated rings. The molecule has 0 unspecified atom stereocenters. The van der Waals surface area contributed by atoms with E-state index in [2.05, 4.69) is 18.7 Å². The molecule has 0 spiro atoms. The minimum Gasteiger partial charge on any atom is -0.462 e. The van der Waals surface area contributed by atoms with Gasteiger partial charge in [0.1, 0.15) is 6.10 Å². The number of carbonyl (C=O) groups excluding carboxylic acids is 2. The Morgan fingerprint density at radius 2 is 1.90 bits per heavy atom. The second-order valence-electron chi connectivity index (χ2n) is 11.0. The minimum atomic E-state index is -0.00698. The number of carbonyl (C=O) groups is 2. The molecule has 0 N–H and O–H groups in total. The number of hydrogen-bond donors (Lipinski definition) is 0. The van der Waals surface area contributed by atoms with Gasteiger partial charge in [-0.05, 0) is 101 Å². The summed E-state index contributed by atoms with van der Waals surface area (Å²) in [7, 11) is 4.08. The summed E-state index contributed by atoms with van der Waals surface area (Å²) in [5.74, 6) is 2.41. The van der Waals surface area contributed by atoms with E-state index in [1.54, 1.807) is 0 Å². The van der Waals surface area contributed by atoms with Crippen LogP contribution >= 0.6 is 0 Å². The molecule has 0 heterocycles. The van der Waals surface area contributed by atoms with Crippen molar-refractivity contribution in [3.05, 3.63) is 11.6 Å². The second-order valence-corrected chi connectivity index (χ2v) is 11.0. The van der Waals surface area contributed by atoms with Gasteiger partial charge in [-0.1, -0.05) is 19.4 Å². The summed E-state index contributed by atoms with van der Waals surface area (Å²) in [6, 6.07) is 0. The third-order valence-corrected chi connectivity index (χ3v) is 9.13. The van der Waals surface area contributed by atoms with Gasteiger partial charge in [-0.25, -0.2) is 0 Å². The summed E-state index contributed by atoms with van der Waals surface area (Å²) in [6.45, 7) is 5.76. The Kier molecular flexibility index (Phi) is 5.69. The molecule has 6 atom stereocenters. The zero-order valence-corrected chi connectivity index (χ0v) is 18.8. The molecule has 4 heteroatoms. The van der Waals surface area contributed by atoms with Crippen molar-refractivity contribution in [2.75, 3.05) is 20.6 Å². The van der Waals surface area contributed by atoms with Crippen LogP contribution in [0.4, 0.5) is 0 Å². The molecule has 0 saturated heterocycles. The van der Waals surface area contributed by atoms with E-state index in [4.69, 9.17) is 4.74 Å². The molecule has 0 radical (unpaired) electrons. The summed E-state index contributed by atoms with van der Waals surface area (Å²) in [4.78, 5) is 26.6. The summed E-state index contributed by atoms with van der Waals surface area (Å²) >= 11 is 0. The monoisotopic (exact) mass is 401 g/mol. The maximum Gasteiger partial charge on any atom is 0.306 e. The molecule has 3 saturated carbocycles. The van der Waals surface area contributed by atoms with Gasteiger partial charge in [-0.2, -0.15) is 0 Å². The maximum absolute atomic E-state index is 12.5. The van der Waals surface area contributed by atoms with Gasteiger partial charge < -0.3 is 9.64 Å². The number of fused-ring (bicyclic) bond motifs is 5. The van der Waals surface area contributed by atoms with Gasteiger partial charge in [0.2, 0.25) is 0 Å². The van der Waals surface area contributed by atoms with Crippen LogP contribution in [0.25, 0.3) is 0 Å². The fourth-order valence-corrected chi connectivity index (χ4v) is 7.46. The standard InChI is InChI=1S/C25H39NO3/c1-24-13-11-18(27)16-17(24)7-8-19-20-9-10-22(25(20,2)14-12-21(19)24)29-23(28)6-5-15-26(3)4/h16,19-22H,5-15H2,1-4H3/t19-,20-,21-,22-,24-,25-/m0/s1.